The number of hydrogen-bond donors (Lipinski definition) is 2. The van der Waals surface area contributed by atoms with Crippen LogP contribution in [-0.2, 0) is 4.74 Å². The molecule has 1 aliphatic heterocycles. The summed E-state index contributed by atoms with van der Waals surface area (Å²) in [6.45, 7) is 3.57. The summed E-state index contributed by atoms with van der Waals surface area (Å²) in [7, 11) is 1.62. The van der Waals surface area contributed by atoms with E-state index in [0.29, 0.717) is 17.2 Å². The molecule has 1 aromatic carbocycles. The van der Waals surface area contributed by atoms with Crippen LogP contribution in [0.1, 0.15) is 19.5 Å². The number of hydrogen-bond acceptors (Lipinski definition) is 6. The van der Waals surface area contributed by atoms with E-state index in [-0.39, 0.29) is 5.90 Å². The predicted octanol–water partition coefficient (Wildman–Crippen LogP) is 2.00. The number of nitrogens with two attached hydrogens (primary N) is 1. The molecule has 1 aliphatic rings. The minimum atomic E-state index is -0.761. The Morgan fingerprint density at radius 3 is 2.50 bits per heavy atom. The summed E-state index contributed by atoms with van der Waals surface area (Å²) in [6, 6.07) is 7.44. The molecule has 0 bridgehead atoms. The molecule has 0 atom stereocenters. The van der Waals surface area contributed by atoms with Crippen molar-refractivity contribution in [2.45, 2.75) is 19.6 Å². The Hall–Kier alpha value is -2.83. The summed E-state index contributed by atoms with van der Waals surface area (Å²) in [4.78, 5) is 8.65. The molecule has 0 amide bonds. The molecule has 7 heteroatoms. The first-order valence-corrected chi connectivity index (χ1v) is 6.77. The predicted molar refractivity (Wildman–Crippen MR) is 84.0 cm³/mol. The van der Waals surface area contributed by atoms with Gasteiger partial charge >= 0.3 is 0 Å². The average molecular weight is 299 g/mol. The molecule has 7 nitrogen and oxygen atoms in total. The highest BCUT2D eigenvalue weighted by molar-refractivity contribution is 6.46. The summed E-state index contributed by atoms with van der Waals surface area (Å²) < 4.78 is 12.2. The van der Waals surface area contributed by atoms with Gasteiger partial charge in [0.15, 0.2) is 11.4 Å². The lowest BCUT2D eigenvalue weighted by atomic mass is 10.2. The van der Waals surface area contributed by atoms with Gasteiger partial charge in [-0.3, -0.25) is 9.98 Å². The van der Waals surface area contributed by atoms with Crippen molar-refractivity contribution in [2.75, 3.05) is 12.8 Å². The highest BCUT2D eigenvalue weighted by Crippen LogP contribution is 2.26. The Kier molecular flexibility index (Phi) is 3.13. The van der Waals surface area contributed by atoms with Gasteiger partial charge in [0.05, 0.1) is 7.11 Å². The SMILES string of the molecule is COc1ccc(-n2cnc(C3=NC(C)(C)OC3=N)c2N)cc1. The van der Waals surface area contributed by atoms with Gasteiger partial charge in [-0.25, -0.2) is 9.98 Å². The van der Waals surface area contributed by atoms with Crippen LogP contribution in [0, 0.1) is 5.41 Å². The fourth-order valence-electron chi connectivity index (χ4n) is 2.29. The van der Waals surface area contributed by atoms with Crippen LogP contribution in [0.5, 0.6) is 5.75 Å². The molecule has 22 heavy (non-hydrogen) atoms. The van der Waals surface area contributed by atoms with Gasteiger partial charge in [-0.05, 0) is 38.1 Å². The zero-order valence-corrected chi connectivity index (χ0v) is 12.6. The molecular formula is C15H17N5O2. The molecule has 0 saturated heterocycles. The second-order valence-electron chi connectivity index (χ2n) is 5.38. The monoisotopic (exact) mass is 299 g/mol. The van der Waals surface area contributed by atoms with Gasteiger partial charge < -0.3 is 15.2 Å². The number of anilines is 1. The number of nitrogens with zero attached hydrogens (tertiary/aromatic N) is 3. The van der Waals surface area contributed by atoms with E-state index >= 15 is 0 Å². The largest absolute Gasteiger partial charge is 0.497 e. The molecule has 0 aliphatic carbocycles. The van der Waals surface area contributed by atoms with Crippen LogP contribution in [0.4, 0.5) is 5.82 Å². The van der Waals surface area contributed by atoms with E-state index in [1.807, 2.05) is 24.3 Å². The van der Waals surface area contributed by atoms with Crippen molar-refractivity contribution in [3.05, 3.63) is 36.3 Å². The van der Waals surface area contributed by atoms with Gasteiger partial charge in [0.1, 0.15) is 23.6 Å². The van der Waals surface area contributed by atoms with Crippen molar-refractivity contribution in [2.24, 2.45) is 4.99 Å². The topological polar surface area (TPSA) is 98.5 Å². The van der Waals surface area contributed by atoms with Gasteiger partial charge in [0.2, 0.25) is 5.90 Å². The number of nitrogen functional groups attached to an aromatic ring is 1. The molecule has 3 rings (SSSR count). The Morgan fingerprint density at radius 2 is 1.95 bits per heavy atom. The van der Waals surface area contributed by atoms with Crippen molar-refractivity contribution in [3.63, 3.8) is 0 Å². The molecule has 0 spiro atoms. The average Bonchev–Trinajstić information content (AvgIpc) is 2.98. The maximum atomic E-state index is 7.89. The third kappa shape index (κ3) is 2.30. The number of rotatable bonds is 3. The minimum Gasteiger partial charge on any atom is -0.497 e. The van der Waals surface area contributed by atoms with E-state index in [2.05, 4.69) is 9.98 Å². The molecule has 2 aromatic rings. The van der Waals surface area contributed by atoms with Crippen molar-refractivity contribution in [1.29, 1.82) is 5.41 Å². The maximum Gasteiger partial charge on any atom is 0.236 e. The number of aromatic nitrogens is 2. The maximum absolute atomic E-state index is 7.89. The highest BCUT2D eigenvalue weighted by atomic mass is 16.5. The summed E-state index contributed by atoms with van der Waals surface area (Å²) in [5.41, 5.74) is 7.08. The van der Waals surface area contributed by atoms with Crippen molar-refractivity contribution < 1.29 is 9.47 Å². The standard InChI is InChI=1S/C15H17N5O2/c1-15(2)19-12(14(17)22-15)11-13(16)20(8-18-11)9-4-6-10(21-3)7-5-9/h4-8,17H,16H2,1-3H3. The molecule has 1 aromatic heterocycles. The molecular weight excluding hydrogens is 282 g/mol. The van der Waals surface area contributed by atoms with Crippen LogP contribution < -0.4 is 10.5 Å². The first kappa shape index (κ1) is 14.1. The van der Waals surface area contributed by atoms with Gasteiger partial charge in [-0.2, -0.15) is 0 Å². The van der Waals surface area contributed by atoms with E-state index in [1.165, 1.54) is 0 Å². The second kappa shape index (κ2) is 4.87. The minimum absolute atomic E-state index is 0.0170. The number of methoxy groups -OCH3 is 1. The number of benzene rings is 1. The van der Waals surface area contributed by atoms with Crippen LogP contribution in [0.2, 0.25) is 0 Å². The Morgan fingerprint density at radius 1 is 1.27 bits per heavy atom. The summed E-state index contributed by atoms with van der Waals surface area (Å²) >= 11 is 0. The molecule has 0 fully saturated rings. The van der Waals surface area contributed by atoms with E-state index in [0.717, 1.165) is 11.4 Å². The number of aliphatic imine (C=N–C) groups is 1. The van der Waals surface area contributed by atoms with E-state index < -0.39 is 5.72 Å². The third-order valence-corrected chi connectivity index (χ3v) is 3.33. The number of ether oxygens (including phenoxy) is 2. The summed E-state index contributed by atoms with van der Waals surface area (Å²) in [6.07, 6.45) is 1.60. The van der Waals surface area contributed by atoms with E-state index in [1.54, 1.807) is 31.9 Å². The molecule has 114 valence electrons. The normalized spacial score (nSPS) is 16.3. The van der Waals surface area contributed by atoms with Gasteiger partial charge in [0, 0.05) is 5.69 Å². The van der Waals surface area contributed by atoms with Crippen LogP contribution in [0.15, 0.2) is 35.6 Å². The molecule has 0 unspecified atom stereocenters. The zero-order chi connectivity index (χ0) is 15.9. The lowest BCUT2D eigenvalue weighted by molar-refractivity contribution is 0.121. The summed E-state index contributed by atoms with van der Waals surface area (Å²) in [5.74, 6) is 1.16. The first-order chi connectivity index (χ1) is 10.4. The van der Waals surface area contributed by atoms with Crippen molar-refractivity contribution in [1.82, 2.24) is 9.55 Å². The van der Waals surface area contributed by atoms with Crippen LogP contribution >= 0.6 is 0 Å². The molecule has 0 saturated carbocycles. The second-order valence-corrected chi connectivity index (χ2v) is 5.38. The fourth-order valence-corrected chi connectivity index (χ4v) is 2.29. The lowest BCUT2D eigenvalue weighted by Crippen LogP contribution is -2.18. The number of nitrogens with one attached hydrogen (secondary N) is 1. The lowest BCUT2D eigenvalue weighted by Gasteiger charge is -2.12. The molecule has 2 heterocycles. The van der Waals surface area contributed by atoms with Crippen LogP contribution in [0.25, 0.3) is 5.69 Å². The third-order valence-electron chi connectivity index (χ3n) is 3.33. The van der Waals surface area contributed by atoms with E-state index in [9.17, 15) is 0 Å². The molecule has 0 radical (unpaired) electrons. The van der Waals surface area contributed by atoms with Crippen molar-refractivity contribution in [3.8, 4) is 11.4 Å². The van der Waals surface area contributed by atoms with E-state index in [4.69, 9.17) is 20.6 Å². The van der Waals surface area contributed by atoms with Gasteiger partial charge in [0.25, 0.3) is 0 Å². The van der Waals surface area contributed by atoms with Crippen LogP contribution in [-0.4, -0.2) is 34.0 Å². The Balaban J connectivity index is 2.00. The number of imidazole rings is 1. The van der Waals surface area contributed by atoms with Gasteiger partial charge in [-0.15, -0.1) is 0 Å². The van der Waals surface area contributed by atoms with Gasteiger partial charge in [-0.1, -0.05) is 0 Å². The summed E-state index contributed by atoms with van der Waals surface area (Å²) in [5, 5.41) is 7.89. The van der Waals surface area contributed by atoms with Crippen molar-refractivity contribution >= 4 is 17.4 Å². The Bertz CT molecular complexity index is 759. The highest BCUT2D eigenvalue weighted by Gasteiger charge is 2.34. The fraction of sp³-hybridized carbons (Fsp3) is 0.267. The Labute approximate surface area is 127 Å². The van der Waals surface area contributed by atoms with Crippen LogP contribution in [0.3, 0.4) is 0 Å². The molecule has 3 N–H and O–H groups in total. The zero-order valence-electron chi connectivity index (χ0n) is 12.6. The first-order valence-electron chi connectivity index (χ1n) is 6.77. The smallest absolute Gasteiger partial charge is 0.236 e. The quantitative estimate of drug-likeness (QED) is 0.905.